The fourth-order valence-electron chi connectivity index (χ4n) is 4.61. The first kappa shape index (κ1) is 23.1. The van der Waals surface area contributed by atoms with Crippen LogP contribution in [0.4, 0.5) is 5.69 Å². The summed E-state index contributed by atoms with van der Waals surface area (Å²) in [6.07, 6.45) is 4.59. The SMILES string of the molecule is O=C(Cc1ccc(Cl)c(Cl)c1)NC1CCN(CCCN2C(=O)CCc3ccccc32)CC1. The van der Waals surface area contributed by atoms with Crippen molar-refractivity contribution in [3.63, 3.8) is 0 Å². The van der Waals surface area contributed by atoms with Crippen molar-refractivity contribution in [1.29, 1.82) is 0 Å². The first-order valence-corrected chi connectivity index (χ1v) is 12.1. The molecule has 2 aliphatic rings. The van der Waals surface area contributed by atoms with E-state index in [-0.39, 0.29) is 17.9 Å². The van der Waals surface area contributed by atoms with E-state index in [1.165, 1.54) is 5.56 Å². The van der Waals surface area contributed by atoms with Gasteiger partial charge in [-0.3, -0.25) is 9.59 Å². The van der Waals surface area contributed by atoms with E-state index in [9.17, 15) is 9.59 Å². The minimum Gasteiger partial charge on any atom is -0.353 e. The van der Waals surface area contributed by atoms with Crippen molar-refractivity contribution in [3.8, 4) is 0 Å². The second-order valence-electron chi connectivity index (χ2n) is 8.64. The van der Waals surface area contributed by atoms with Gasteiger partial charge in [-0.2, -0.15) is 0 Å². The van der Waals surface area contributed by atoms with Crippen LogP contribution in [0.2, 0.25) is 10.0 Å². The number of rotatable bonds is 7. The molecule has 0 aliphatic carbocycles. The third kappa shape index (κ3) is 5.83. The maximum Gasteiger partial charge on any atom is 0.227 e. The highest BCUT2D eigenvalue weighted by atomic mass is 35.5. The summed E-state index contributed by atoms with van der Waals surface area (Å²) in [4.78, 5) is 29.2. The highest BCUT2D eigenvalue weighted by molar-refractivity contribution is 6.42. The fraction of sp³-hybridized carbons (Fsp3) is 0.440. The Balaban J connectivity index is 1.18. The van der Waals surface area contributed by atoms with Gasteiger partial charge in [-0.15, -0.1) is 0 Å². The third-order valence-corrected chi connectivity index (χ3v) is 7.09. The molecule has 1 fully saturated rings. The molecule has 4 rings (SSSR count). The van der Waals surface area contributed by atoms with Crippen LogP contribution in [0, 0.1) is 0 Å². The Hall–Kier alpha value is -2.08. The van der Waals surface area contributed by atoms with Crippen molar-refractivity contribution in [2.75, 3.05) is 31.1 Å². The van der Waals surface area contributed by atoms with Gasteiger partial charge < -0.3 is 15.1 Å². The molecule has 2 heterocycles. The van der Waals surface area contributed by atoms with Gasteiger partial charge in [0.05, 0.1) is 16.5 Å². The van der Waals surface area contributed by atoms with Crippen LogP contribution in [-0.2, 0) is 22.4 Å². The van der Waals surface area contributed by atoms with E-state index >= 15 is 0 Å². The minimum atomic E-state index is 0.0177. The summed E-state index contributed by atoms with van der Waals surface area (Å²) in [6, 6.07) is 13.7. The largest absolute Gasteiger partial charge is 0.353 e. The zero-order valence-electron chi connectivity index (χ0n) is 18.2. The molecule has 170 valence electrons. The summed E-state index contributed by atoms with van der Waals surface area (Å²) < 4.78 is 0. The molecular formula is C25H29Cl2N3O2. The summed E-state index contributed by atoms with van der Waals surface area (Å²) in [5, 5.41) is 4.12. The Morgan fingerprint density at radius 3 is 2.56 bits per heavy atom. The Bertz CT molecular complexity index is 973. The quantitative estimate of drug-likeness (QED) is 0.644. The molecule has 0 unspecified atom stereocenters. The first-order valence-electron chi connectivity index (χ1n) is 11.3. The van der Waals surface area contributed by atoms with E-state index < -0.39 is 0 Å². The maximum absolute atomic E-state index is 12.4. The molecule has 0 spiro atoms. The van der Waals surface area contributed by atoms with E-state index in [2.05, 4.69) is 22.3 Å². The van der Waals surface area contributed by atoms with Crippen LogP contribution in [0.1, 0.15) is 36.8 Å². The van der Waals surface area contributed by atoms with Crippen LogP contribution in [-0.4, -0.2) is 48.9 Å². The lowest BCUT2D eigenvalue weighted by molar-refractivity contribution is -0.121. The lowest BCUT2D eigenvalue weighted by Gasteiger charge is -2.34. The summed E-state index contributed by atoms with van der Waals surface area (Å²) in [5.41, 5.74) is 3.21. The molecule has 1 saturated heterocycles. The molecule has 0 aromatic heterocycles. The van der Waals surface area contributed by atoms with E-state index in [4.69, 9.17) is 23.2 Å². The van der Waals surface area contributed by atoms with Crippen molar-refractivity contribution < 1.29 is 9.59 Å². The van der Waals surface area contributed by atoms with Crippen molar-refractivity contribution >= 4 is 40.7 Å². The number of likely N-dealkylation sites (tertiary alicyclic amines) is 1. The number of amides is 2. The van der Waals surface area contributed by atoms with Gasteiger partial charge in [-0.05, 0) is 61.6 Å². The average Bonchev–Trinajstić information content (AvgIpc) is 2.79. The average molecular weight is 474 g/mol. The van der Waals surface area contributed by atoms with Gasteiger partial charge in [0.25, 0.3) is 0 Å². The Kier molecular flexibility index (Phi) is 7.71. The number of hydrogen-bond acceptors (Lipinski definition) is 3. The molecule has 32 heavy (non-hydrogen) atoms. The number of nitrogens with one attached hydrogen (secondary N) is 1. The monoisotopic (exact) mass is 473 g/mol. The molecule has 5 nitrogen and oxygen atoms in total. The second-order valence-corrected chi connectivity index (χ2v) is 9.45. The predicted molar refractivity (Wildman–Crippen MR) is 130 cm³/mol. The number of carbonyl (C=O) groups excluding carboxylic acids is 2. The molecule has 0 radical (unpaired) electrons. The molecule has 7 heteroatoms. The van der Waals surface area contributed by atoms with Gasteiger partial charge in [0.2, 0.25) is 11.8 Å². The van der Waals surface area contributed by atoms with Gasteiger partial charge in [0, 0.05) is 37.8 Å². The number of nitrogens with zero attached hydrogens (tertiary/aromatic N) is 2. The molecule has 2 aromatic carbocycles. The van der Waals surface area contributed by atoms with E-state index in [1.807, 2.05) is 23.1 Å². The summed E-state index contributed by atoms with van der Waals surface area (Å²) in [6.45, 7) is 3.65. The van der Waals surface area contributed by atoms with Gasteiger partial charge >= 0.3 is 0 Å². The minimum absolute atomic E-state index is 0.0177. The number of halogens is 2. The number of benzene rings is 2. The number of carbonyl (C=O) groups is 2. The fourth-order valence-corrected chi connectivity index (χ4v) is 4.93. The molecule has 2 amide bonds. The first-order chi connectivity index (χ1) is 15.5. The molecule has 2 aliphatic heterocycles. The maximum atomic E-state index is 12.4. The lowest BCUT2D eigenvalue weighted by atomic mass is 10.0. The number of fused-ring (bicyclic) bond motifs is 1. The van der Waals surface area contributed by atoms with Crippen molar-refractivity contribution in [1.82, 2.24) is 10.2 Å². The van der Waals surface area contributed by atoms with Gasteiger partial charge in [-0.25, -0.2) is 0 Å². The molecule has 0 saturated carbocycles. The second kappa shape index (κ2) is 10.7. The number of hydrogen-bond donors (Lipinski definition) is 1. The highest BCUT2D eigenvalue weighted by Crippen LogP contribution is 2.27. The Morgan fingerprint density at radius 2 is 1.78 bits per heavy atom. The summed E-state index contributed by atoms with van der Waals surface area (Å²) in [5.74, 6) is 0.246. The van der Waals surface area contributed by atoms with Crippen LogP contribution >= 0.6 is 23.2 Å². The van der Waals surface area contributed by atoms with Gasteiger partial charge in [0.1, 0.15) is 0 Å². The van der Waals surface area contributed by atoms with Gasteiger partial charge in [-0.1, -0.05) is 47.5 Å². The molecule has 0 bridgehead atoms. The van der Waals surface area contributed by atoms with Crippen molar-refractivity contribution in [3.05, 3.63) is 63.6 Å². The van der Waals surface area contributed by atoms with Crippen LogP contribution in [0.5, 0.6) is 0 Å². The summed E-state index contributed by atoms with van der Waals surface area (Å²) >= 11 is 12.0. The number of piperidine rings is 1. The topological polar surface area (TPSA) is 52.7 Å². The Morgan fingerprint density at radius 1 is 1.00 bits per heavy atom. The van der Waals surface area contributed by atoms with Gasteiger partial charge in [0.15, 0.2) is 0 Å². The molecule has 2 aromatic rings. The highest BCUT2D eigenvalue weighted by Gasteiger charge is 2.24. The van der Waals surface area contributed by atoms with Crippen LogP contribution < -0.4 is 10.2 Å². The molecule has 1 N–H and O–H groups in total. The summed E-state index contributed by atoms with van der Waals surface area (Å²) in [7, 11) is 0. The number of anilines is 1. The Labute approximate surface area is 199 Å². The lowest BCUT2D eigenvalue weighted by Crippen LogP contribution is -2.45. The number of aryl methyl sites for hydroxylation is 1. The van der Waals surface area contributed by atoms with E-state index in [1.54, 1.807) is 12.1 Å². The standard InChI is InChI=1S/C25H29Cl2N3O2/c26-21-8-6-18(16-22(21)27)17-24(31)28-20-10-14-29(15-11-20)12-3-13-30-23-5-2-1-4-19(23)7-9-25(30)32/h1-2,4-6,8,16,20H,3,7,9-15,17H2,(H,28,31). The number of para-hydroxylation sites is 1. The zero-order valence-corrected chi connectivity index (χ0v) is 19.7. The third-order valence-electron chi connectivity index (χ3n) is 6.35. The zero-order chi connectivity index (χ0) is 22.5. The molecule has 0 atom stereocenters. The normalized spacial score (nSPS) is 17.3. The van der Waals surface area contributed by atoms with E-state index in [0.717, 1.165) is 63.1 Å². The molecular weight excluding hydrogens is 445 g/mol. The van der Waals surface area contributed by atoms with Crippen LogP contribution in [0.25, 0.3) is 0 Å². The van der Waals surface area contributed by atoms with Crippen LogP contribution in [0.3, 0.4) is 0 Å². The van der Waals surface area contributed by atoms with E-state index in [0.29, 0.717) is 22.9 Å². The van der Waals surface area contributed by atoms with Crippen molar-refractivity contribution in [2.24, 2.45) is 0 Å². The van der Waals surface area contributed by atoms with Crippen LogP contribution in [0.15, 0.2) is 42.5 Å². The van der Waals surface area contributed by atoms with Crippen molar-refractivity contribution in [2.45, 2.75) is 44.6 Å². The predicted octanol–water partition coefficient (Wildman–Crippen LogP) is 4.49. The smallest absolute Gasteiger partial charge is 0.227 e.